The maximum atomic E-state index is 14.8. The Labute approximate surface area is 338 Å². The van der Waals surface area contributed by atoms with E-state index < -0.39 is 96.8 Å². The molecule has 4 fully saturated rings. The predicted molar refractivity (Wildman–Crippen MR) is 209 cm³/mol. The van der Waals surface area contributed by atoms with Crippen molar-refractivity contribution in [1.29, 1.82) is 0 Å². The van der Waals surface area contributed by atoms with Crippen molar-refractivity contribution in [3.8, 4) is 0 Å². The average molecular weight is 845 g/mol. The van der Waals surface area contributed by atoms with Gasteiger partial charge in [0.1, 0.15) is 22.9 Å². The number of nitrogens with two attached hydrogens (primary N) is 1. The number of benzene rings is 1. The summed E-state index contributed by atoms with van der Waals surface area (Å²) in [6.07, 6.45) is 7.47. The third kappa shape index (κ3) is 9.39. The minimum atomic E-state index is -3.77. The van der Waals surface area contributed by atoms with Crippen LogP contribution in [0.25, 0.3) is 0 Å². The van der Waals surface area contributed by atoms with Gasteiger partial charge in [0.25, 0.3) is 17.7 Å². The molecule has 20 heteroatoms. The molecule has 1 aliphatic carbocycles. The highest BCUT2D eigenvalue weighted by Crippen LogP contribution is 2.34. The summed E-state index contributed by atoms with van der Waals surface area (Å²) in [4.78, 5) is 74.1. The predicted octanol–water partition coefficient (Wildman–Crippen LogP) is 1.19. The molecule has 0 bridgehead atoms. The SMILES string of the molecule is CC(C)(O)c1cnnn1[C@H]1C[C@@H](C(=O)NC2(C(=O)C(N)=O)CCS(=O)(=O)CC2)N(C(=O)/C(CC2CCCCC2)=N/C(=O)c2ccc(S(=O)(=O)N3CCCCC3)cc2)C1. The van der Waals surface area contributed by atoms with Crippen LogP contribution in [-0.4, -0.2) is 124 Å². The Hall–Kier alpha value is -4.40. The Morgan fingerprint density at radius 3 is 2.21 bits per heavy atom. The number of aliphatic imine (C=N–C) groups is 1. The first-order valence-electron chi connectivity index (χ1n) is 19.8. The Bertz CT molecular complexity index is 2150. The number of sulfonamides is 1. The van der Waals surface area contributed by atoms with Crippen molar-refractivity contribution in [2.24, 2.45) is 16.6 Å². The fourth-order valence-electron chi connectivity index (χ4n) is 8.49. The number of ketones is 1. The molecule has 18 nitrogen and oxygen atoms in total. The first-order chi connectivity index (χ1) is 27.3. The first kappa shape index (κ1) is 43.2. The smallest absolute Gasteiger partial charge is 0.287 e. The number of amides is 4. The van der Waals surface area contributed by atoms with Gasteiger partial charge in [-0.2, -0.15) is 4.31 Å². The lowest BCUT2D eigenvalue weighted by molar-refractivity contribution is -0.143. The molecule has 2 aromatic rings. The normalized spacial score (nSPS) is 23.3. The van der Waals surface area contributed by atoms with Crippen molar-refractivity contribution in [2.75, 3.05) is 31.1 Å². The number of aliphatic hydroxyl groups is 1. The molecule has 2 atom stereocenters. The Morgan fingerprint density at radius 2 is 1.60 bits per heavy atom. The van der Waals surface area contributed by atoms with Crippen LogP contribution < -0.4 is 11.1 Å². The molecule has 1 aromatic heterocycles. The number of sulfone groups is 1. The van der Waals surface area contributed by atoms with Crippen LogP contribution in [0.3, 0.4) is 0 Å². The average Bonchev–Trinajstić information content (AvgIpc) is 3.88. The van der Waals surface area contributed by atoms with Crippen molar-refractivity contribution >= 4 is 55.0 Å². The summed E-state index contributed by atoms with van der Waals surface area (Å²) in [7, 11) is -7.34. The van der Waals surface area contributed by atoms with Crippen LogP contribution in [0.4, 0.5) is 0 Å². The van der Waals surface area contributed by atoms with Crippen molar-refractivity contribution in [3.63, 3.8) is 0 Å². The van der Waals surface area contributed by atoms with Gasteiger partial charge in [-0.05, 0) is 76.1 Å². The van der Waals surface area contributed by atoms with E-state index in [1.807, 2.05) is 0 Å². The Morgan fingerprint density at radius 1 is 0.983 bits per heavy atom. The third-order valence-corrected chi connectivity index (χ3v) is 15.4. The molecular weight excluding hydrogens is 793 g/mol. The lowest BCUT2D eigenvalue weighted by Crippen LogP contribution is -2.64. The molecule has 1 saturated carbocycles. The molecule has 0 unspecified atom stereocenters. The van der Waals surface area contributed by atoms with Crippen molar-refractivity contribution in [3.05, 3.63) is 41.7 Å². The van der Waals surface area contributed by atoms with Gasteiger partial charge in [-0.1, -0.05) is 43.7 Å². The fourth-order valence-corrected chi connectivity index (χ4v) is 11.5. The molecule has 6 rings (SSSR count). The van der Waals surface area contributed by atoms with Gasteiger partial charge in [0, 0.05) is 31.6 Å². The largest absolute Gasteiger partial charge is 0.384 e. The lowest BCUT2D eigenvalue weighted by Gasteiger charge is -2.37. The first-order valence-corrected chi connectivity index (χ1v) is 23.1. The van der Waals surface area contributed by atoms with Crippen LogP contribution in [0.1, 0.15) is 113 Å². The highest BCUT2D eigenvalue weighted by atomic mass is 32.2. The van der Waals surface area contributed by atoms with Crippen molar-refractivity contribution in [1.82, 2.24) is 29.5 Å². The second-order valence-electron chi connectivity index (χ2n) is 16.5. The Kier molecular flexibility index (Phi) is 12.7. The highest BCUT2D eigenvalue weighted by molar-refractivity contribution is 7.91. The summed E-state index contributed by atoms with van der Waals surface area (Å²) >= 11 is 0. The van der Waals surface area contributed by atoms with Crippen molar-refractivity contribution in [2.45, 2.75) is 119 Å². The van der Waals surface area contributed by atoms with Gasteiger partial charge < -0.3 is 21.1 Å². The number of hydrogen-bond acceptors (Lipinski definition) is 12. The zero-order valence-corrected chi connectivity index (χ0v) is 34.5. The minimum absolute atomic E-state index is 0.00439. The molecule has 4 amide bonds. The van der Waals surface area contributed by atoms with Crippen LogP contribution in [0, 0.1) is 5.92 Å². The Balaban J connectivity index is 1.34. The summed E-state index contributed by atoms with van der Waals surface area (Å²) in [5, 5.41) is 21.6. The van der Waals surface area contributed by atoms with E-state index in [4.69, 9.17) is 5.73 Å². The molecule has 3 aliphatic heterocycles. The van der Waals surface area contributed by atoms with Crippen molar-refractivity contribution < 1.29 is 45.9 Å². The molecule has 3 saturated heterocycles. The number of rotatable bonds is 12. The lowest BCUT2D eigenvalue weighted by atomic mass is 9.85. The van der Waals surface area contributed by atoms with Gasteiger partial charge >= 0.3 is 0 Å². The van der Waals surface area contributed by atoms with Crippen LogP contribution in [0.15, 0.2) is 40.4 Å². The van der Waals surface area contributed by atoms with Gasteiger partial charge in [0.2, 0.25) is 21.7 Å². The number of carbonyl (C=O) groups excluding carboxylic acids is 5. The molecule has 316 valence electrons. The number of carbonyl (C=O) groups is 5. The summed E-state index contributed by atoms with van der Waals surface area (Å²) < 4.78 is 54.1. The van der Waals surface area contributed by atoms with Gasteiger partial charge in [0.15, 0.2) is 9.84 Å². The van der Waals surface area contributed by atoms with E-state index in [0.717, 1.165) is 51.4 Å². The highest BCUT2D eigenvalue weighted by Gasteiger charge is 2.50. The number of hydrogen-bond donors (Lipinski definition) is 3. The van der Waals surface area contributed by atoms with E-state index in [1.165, 1.54) is 58.2 Å². The molecule has 4 heterocycles. The standard InChI is InChI=1S/C38H52N8O10S2/c1-37(2,52)31-23-40-43-46(31)27-22-30(35(50)42-38(32(47)33(39)48)15-19-57(53,54)20-16-38)45(24-27)36(51)29(21-25-9-5-3-6-10-25)41-34(49)26-11-13-28(14-12-26)58(55,56)44-17-7-4-8-18-44/h11-14,23,25,27,30,52H,3-10,15-22,24H2,1-2H3,(H2,39,48)(H,42,50)/b41-29+/t27-,30-/m0/s1. The summed E-state index contributed by atoms with van der Waals surface area (Å²) in [6, 6.07) is 3.33. The fraction of sp³-hybridized carbons (Fsp3) is 0.632. The molecule has 58 heavy (non-hydrogen) atoms. The summed E-state index contributed by atoms with van der Waals surface area (Å²) in [5.41, 5.74) is 2.25. The number of piperidine rings is 1. The number of Topliss-reactive ketones (excluding diaryl/α,β-unsaturated/α-hetero) is 1. The summed E-state index contributed by atoms with van der Waals surface area (Å²) in [5.74, 6) is -5.86. The molecule has 0 radical (unpaired) electrons. The van der Waals surface area contributed by atoms with E-state index in [1.54, 1.807) is 0 Å². The second kappa shape index (κ2) is 17.1. The van der Waals surface area contributed by atoms with Crippen LogP contribution in [0.5, 0.6) is 0 Å². The number of aromatic nitrogens is 3. The quantitative estimate of drug-likeness (QED) is 0.201. The third-order valence-electron chi connectivity index (χ3n) is 11.8. The van der Waals surface area contributed by atoms with Gasteiger partial charge in [-0.3, -0.25) is 24.0 Å². The molecule has 4 aliphatic rings. The summed E-state index contributed by atoms with van der Waals surface area (Å²) in [6.45, 7) is 3.72. The minimum Gasteiger partial charge on any atom is -0.384 e. The van der Waals surface area contributed by atoms with Crippen LogP contribution in [0.2, 0.25) is 0 Å². The maximum Gasteiger partial charge on any atom is 0.287 e. The van der Waals surface area contributed by atoms with E-state index in [-0.39, 0.29) is 41.5 Å². The maximum absolute atomic E-state index is 14.8. The molecule has 4 N–H and O–H groups in total. The van der Waals surface area contributed by atoms with E-state index in [2.05, 4.69) is 20.6 Å². The number of primary amides is 1. The zero-order valence-electron chi connectivity index (χ0n) is 32.8. The van der Waals surface area contributed by atoms with Gasteiger partial charge in [0.05, 0.1) is 34.3 Å². The number of likely N-dealkylation sites (tertiary alicyclic amines) is 1. The van der Waals surface area contributed by atoms with Gasteiger partial charge in [-0.15, -0.1) is 5.10 Å². The van der Waals surface area contributed by atoms with E-state index >= 15 is 0 Å². The molecule has 1 aromatic carbocycles. The zero-order chi connectivity index (χ0) is 42.0. The molecular formula is C38H52N8O10S2. The monoisotopic (exact) mass is 844 g/mol. The number of nitrogens with one attached hydrogen (secondary N) is 1. The molecule has 0 spiro atoms. The van der Waals surface area contributed by atoms with E-state index in [0.29, 0.717) is 18.8 Å². The van der Waals surface area contributed by atoms with Crippen LogP contribution in [-0.2, 0) is 44.6 Å². The van der Waals surface area contributed by atoms with Gasteiger partial charge in [-0.25, -0.2) is 26.5 Å². The topological polar surface area (TPSA) is 261 Å². The number of nitrogens with zero attached hydrogens (tertiary/aromatic N) is 6. The van der Waals surface area contributed by atoms with E-state index in [9.17, 15) is 45.9 Å². The second-order valence-corrected chi connectivity index (χ2v) is 20.7. The van der Waals surface area contributed by atoms with Crippen LogP contribution >= 0.6 is 0 Å².